The number of nitrogens with one attached hydrogen (secondary N) is 2. The molecule has 1 spiro atoms. The molecular formula is C42H44N4O6S2. The van der Waals surface area contributed by atoms with Crippen LogP contribution in [0, 0.1) is 19.8 Å². The van der Waals surface area contributed by atoms with Gasteiger partial charge in [-0.2, -0.15) is 0 Å². The molecule has 8 rings (SSSR count). The number of carbonyl (C=O) groups is 3. The second-order valence-corrected chi connectivity index (χ2v) is 17.7. The van der Waals surface area contributed by atoms with Gasteiger partial charge in [-0.25, -0.2) is 9.78 Å². The van der Waals surface area contributed by atoms with E-state index in [1.165, 1.54) is 38.0 Å². The lowest BCUT2D eigenvalue weighted by molar-refractivity contribution is -0.149. The molecule has 2 aliphatic carbocycles. The molecule has 2 unspecified atom stereocenters. The van der Waals surface area contributed by atoms with Crippen molar-refractivity contribution >= 4 is 80.2 Å². The van der Waals surface area contributed by atoms with Crippen LogP contribution in [0.25, 0.3) is 38.8 Å². The SMILES string of the molecule is CCc1c(C)c2cc3nc(cc4[nH]c(c5c6nc(cc1[nH]2)C(C)=C6C1(C5)SCCS1)c(CCC(=O)OC)c4C)C1(C)C3=CC=C(C(=O)OC)C1C(=O)OC. The minimum Gasteiger partial charge on any atom is -0.469 e. The summed E-state index contributed by atoms with van der Waals surface area (Å²) in [7, 11) is 4.06. The molecule has 2 N–H and O–H groups in total. The van der Waals surface area contributed by atoms with Gasteiger partial charge in [-0.1, -0.05) is 19.1 Å². The van der Waals surface area contributed by atoms with Gasteiger partial charge >= 0.3 is 17.9 Å². The van der Waals surface area contributed by atoms with Gasteiger partial charge in [0.25, 0.3) is 0 Å². The highest BCUT2D eigenvalue weighted by atomic mass is 32.2. The smallest absolute Gasteiger partial charge is 0.334 e. The van der Waals surface area contributed by atoms with Crippen LogP contribution in [0.2, 0.25) is 0 Å². The molecule has 280 valence electrons. The van der Waals surface area contributed by atoms with Crippen molar-refractivity contribution in [2.45, 2.75) is 69.8 Å². The van der Waals surface area contributed by atoms with E-state index >= 15 is 0 Å². The number of aromatic nitrogens is 4. The maximum atomic E-state index is 13.8. The van der Waals surface area contributed by atoms with Gasteiger partial charge in [0.2, 0.25) is 0 Å². The third-order valence-corrected chi connectivity index (χ3v) is 15.4. The van der Waals surface area contributed by atoms with Gasteiger partial charge in [0.15, 0.2) is 0 Å². The van der Waals surface area contributed by atoms with E-state index in [2.05, 4.69) is 43.7 Å². The van der Waals surface area contributed by atoms with Crippen LogP contribution in [-0.2, 0) is 53.3 Å². The minimum absolute atomic E-state index is 0.154. The zero-order chi connectivity index (χ0) is 38.3. The summed E-state index contributed by atoms with van der Waals surface area (Å²) in [6.45, 7) is 10.5. The van der Waals surface area contributed by atoms with Crippen molar-refractivity contribution in [3.63, 3.8) is 0 Å². The number of thioether (sulfide) groups is 2. The standard InChI is InChI=1S/C42H44N4O6S2/c1-9-23-20(2)28-17-32-27-12-10-25(39(48)51-7)36(40(49)52-8)41(27,5)33(44-32)18-30-21(3)24(11-13-34(47)50-6)37(45-30)26-19-42(53-14-15-54-42)35-22(4)29(46-38(26)35)16-31(23)43-28/h10,12,16-18,36,43,45H,9,11,13-15,19H2,1-8H3. The zero-order valence-electron chi connectivity index (χ0n) is 31.9. The molecule has 1 fully saturated rings. The number of carbonyl (C=O) groups excluding carboxylic acids is 3. The number of fused-ring (bicyclic) bond motifs is 12. The number of hydrogen-bond acceptors (Lipinski definition) is 10. The Morgan fingerprint density at radius 3 is 2.26 bits per heavy atom. The Morgan fingerprint density at radius 2 is 1.57 bits per heavy atom. The molecule has 5 aliphatic rings. The summed E-state index contributed by atoms with van der Waals surface area (Å²) in [6, 6.07) is 6.22. The number of allylic oxidation sites excluding steroid dienone is 4. The molecule has 3 aromatic heterocycles. The van der Waals surface area contributed by atoms with Gasteiger partial charge in [-0.15, -0.1) is 23.5 Å². The Kier molecular flexibility index (Phi) is 8.99. The largest absolute Gasteiger partial charge is 0.469 e. The summed E-state index contributed by atoms with van der Waals surface area (Å²) in [5.41, 5.74) is 14.7. The van der Waals surface area contributed by atoms with Gasteiger partial charge in [-0.3, -0.25) is 14.6 Å². The normalized spacial score (nSPS) is 20.9. The maximum Gasteiger partial charge on any atom is 0.334 e. The van der Waals surface area contributed by atoms with Crippen LogP contribution in [0.1, 0.15) is 77.8 Å². The molecule has 3 aromatic rings. The maximum absolute atomic E-state index is 13.8. The summed E-state index contributed by atoms with van der Waals surface area (Å²) in [4.78, 5) is 57.9. The fraction of sp³-hybridized carbons (Fsp3) is 0.405. The van der Waals surface area contributed by atoms with Crippen LogP contribution < -0.4 is 0 Å². The lowest BCUT2D eigenvalue weighted by atomic mass is 9.64. The number of ether oxygens (including phenoxy) is 3. The first-order valence-electron chi connectivity index (χ1n) is 18.3. The number of nitrogens with zero attached hydrogens (tertiary/aromatic N) is 2. The Labute approximate surface area is 322 Å². The highest BCUT2D eigenvalue weighted by Gasteiger charge is 2.54. The monoisotopic (exact) mass is 764 g/mol. The van der Waals surface area contributed by atoms with Gasteiger partial charge in [0, 0.05) is 57.6 Å². The van der Waals surface area contributed by atoms with Crippen LogP contribution in [0.5, 0.6) is 0 Å². The van der Waals surface area contributed by atoms with Crippen LogP contribution in [-0.4, -0.2) is 74.8 Å². The Bertz CT molecular complexity index is 2450. The minimum atomic E-state index is -1.09. The highest BCUT2D eigenvalue weighted by Crippen LogP contribution is 2.62. The Balaban J connectivity index is 1.53. The van der Waals surface area contributed by atoms with E-state index in [1.54, 1.807) is 6.08 Å². The number of rotatable bonds is 6. The summed E-state index contributed by atoms with van der Waals surface area (Å²) in [5.74, 6) is -0.348. The molecule has 8 bridgehead atoms. The topological polar surface area (TPSA) is 136 Å². The Morgan fingerprint density at radius 1 is 0.870 bits per heavy atom. The summed E-state index contributed by atoms with van der Waals surface area (Å²) >= 11 is 4.00. The molecule has 54 heavy (non-hydrogen) atoms. The first-order valence-corrected chi connectivity index (χ1v) is 20.3. The average Bonchev–Trinajstić information content (AvgIpc) is 4.00. The molecule has 0 saturated carbocycles. The quantitative estimate of drug-likeness (QED) is 0.192. The van der Waals surface area contributed by atoms with Crippen molar-refractivity contribution in [3.8, 4) is 0 Å². The van der Waals surface area contributed by atoms with Crippen molar-refractivity contribution in [3.05, 3.63) is 86.5 Å². The van der Waals surface area contributed by atoms with Crippen molar-refractivity contribution in [2.24, 2.45) is 5.92 Å². The number of H-pyrrole nitrogens is 2. The van der Waals surface area contributed by atoms with Crippen molar-refractivity contribution < 1.29 is 28.6 Å². The second kappa shape index (κ2) is 13.3. The van der Waals surface area contributed by atoms with Crippen LogP contribution >= 0.6 is 23.5 Å². The van der Waals surface area contributed by atoms with E-state index in [9.17, 15) is 14.4 Å². The van der Waals surface area contributed by atoms with Crippen LogP contribution in [0.15, 0.2) is 35.9 Å². The molecular weight excluding hydrogens is 721 g/mol. The Hall–Kier alpha value is -4.55. The van der Waals surface area contributed by atoms with E-state index in [0.717, 1.165) is 85.6 Å². The molecule has 12 heteroatoms. The van der Waals surface area contributed by atoms with E-state index in [4.69, 9.17) is 24.2 Å². The lowest BCUT2D eigenvalue weighted by Crippen LogP contribution is -2.42. The number of aromatic amines is 2. The van der Waals surface area contributed by atoms with Gasteiger partial charge < -0.3 is 24.2 Å². The predicted molar refractivity (Wildman–Crippen MR) is 215 cm³/mol. The van der Waals surface area contributed by atoms with Crippen molar-refractivity contribution in [1.29, 1.82) is 0 Å². The first-order chi connectivity index (χ1) is 25.9. The zero-order valence-corrected chi connectivity index (χ0v) is 33.5. The fourth-order valence-electron chi connectivity index (χ4n) is 9.14. The van der Waals surface area contributed by atoms with E-state index in [-0.39, 0.29) is 22.0 Å². The van der Waals surface area contributed by atoms with Gasteiger partial charge in [-0.05, 0) is 92.1 Å². The van der Waals surface area contributed by atoms with Crippen molar-refractivity contribution in [1.82, 2.24) is 19.9 Å². The van der Waals surface area contributed by atoms with E-state index < -0.39 is 23.3 Å². The van der Waals surface area contributed by atoms with Crippen molar-refractivity contribution in [2.75, 3.05) is 32.8 Å². The number of hydrogen-bond donors (Lipinski definition) is 2. The third kappa shape index (κ3) is 5.26. The van der Waals surface area contributed by atoms with Gasteiger partial charge in [0.05, 0.1) is 59.2 Å². The van der Waals surface area contributed by atoms with Crippen LogP contribution in [0.4, 0.5) is 0 Å². The number of esters is 3. The van der Waals surface area contributed by atoms with Gasteiger partial charge in [0.1, 0.15) is 5.92 Å². The molecule has 0 radical (unpaired) electrons. The highest BCUT2D eigenvalue weighted by molar-refractivity contribution is 8.22. The van der Waals surface area contributed by atoms with E-state index in [0.29, 0.717) is 17.8 Å². The molecule has 0 amide bonds. The van der Waals surface area contributed by atoms with Crippen LogP contribution in [0.3, 0.4) is 0 Å². The summed E-state index contributed by atoms with van der Waals surface area (Å²) in [6.07, 6.45) is 5.83. The molecule has 3 aliphatic heterocycles. The predicted octanol–water partition coefficient (Wildman–Crippen LogP) is 7.51. The second-order valence-electron chi connectivity index (χ2n) is 14.6. The number of aryl methyl sites for hydroxylation is 4. The van der Waals surface area contributed by atoms with E-state index in [1.807, 2.05) is 48.7 Å². The lowest BCUT2D eigenvalue weighted by Gasteiger charge is -2.36. The molecule has 10 nitrogen and oxygen atoms in total. The molecule has 0 aromatic carbocycles. The molecule has 1 saturated heterocycles. The average molecular weight is 765 g/mol. The summed E-state index contributed by atoms with van der Waals surface area (Å²) in [5, 5.41) is 0. The first kappa shape index (κ1) is 36.4. The number of methoxy groups -OCH3 is 3. The third-order valence-electron chi connectivity index (χ3n) is 12.0. The molecule has 2 atom stereocenters. The fourth-order valence-corrected chi connectivity index (χ4v) is 12.6. The molecule has 6 heterocycles. The summed E-state index contributed by atoms with van der Waals surface area (Å²) < 4.78 is 15.5.